The molecule has 28 heavy (non-hydrogen) atoms. The van der Waals surface area contributed by atoms with Gasteiger partial charge in [0, 0.05) is 30.5 Å². The molecule has 0 bridgehead atoms. The minimum Gasteiger partial charge on any atom is -0.494 e. The molecule has 0 fully saturated rings. The first kappa shape index (κ1) is 20.1. The monoisotopic (exact) mass is 383 g/mol. The van der Waals surface area contributed by atoms with Crippen LogP contribution in [-0.4, -0.2) is 34.1 Å². The molecule has 0 saturated heterocycles. The van der Waals surface area contributed by atoms with Crippen molar-refractivity contribution < 1.29 is 14.3 Å². The molecule has 150 valence electrons. The number of nitrogens with zero attached hydrogens (tertiary/aromatic N) is 3. The number of fused-ring (bicyclic) bond motifs is 1. The first-order chi connectivity index (χ1) is 13.5. The number of rotatable bonds is 8. The van der Waals surface area contributed by atoms with E-state index in [9.17, 15) is 9.59 Å². The van der Waals surface area contributed by atoms with Gasteiger partial charge < -0.3 is 4.74 Å². The van der Waals surface area contributed by atoms with E-state index in [1.165, 1.54) is 0 Å². The molecule has 0 radical (unpaired) electrons. The number of aromatic nitrogens is 2. The van der Waals surface area contributed by atoms with E-state index in [0.717, 1.165) is 30.8 Å². The second-order valence-corrected chi connectivity index (χ2v) is 7.44. The third-order valence-corrected chi connectivity index (χ3v) is 5.26. The highest BCUT2D eigenvalue weighted by atomic mass is 16.5. The predicted octanol–water partition coefficient (Wildman–Crippen LogP) is 4.41. The van der Waals surface area contributed by atoms with Crippen LogP contribution in [-0.2, 0) is 4.79 Å². The molecule has 0 saturated carbocycles. The zero-order chi connectivity index (χ0) is 20.1. The topological polar surface area (TPSA) is 64.4 Å². The molecule has 0 spiro atoms. The summed E-state index contributed by atoms with van der Waals surface area (Å²) < 4.78 is 7.67. The number of carbonyl (C=O) groups is 2. The Balaban J connectivity index is 1.44. The second-order valence-electron chi connectivity index (χ2n) is 7.44. The van der Waals surface area contributed by atoms with Crippen LogP contribution < -0.4 is 9.64 Å². The van der Waals surface area contributed by atoms with Crippen molar-refractivity contribution in [2.24, 2.45) is 0 Å². The van der Waals surface area contributed by atoms with Crippen molar-refractivity contribution in [1.82, 2.24) is 9.78 Å². The largest absolute Gasteiger partial charge is 0.494 e. The molecule has 1 aromatic heterocycles. The van der Waals surface area contributed by atoms with E-state index < -0.39 is 0 Å². The van der Waals surface area contributed by atoms with Crippen LogP contribution in [0.2, 0.25) is 0 Å². The molecule has 1 amide bonds. The summed E-state index contributed by atoms with van der Waals surface area (Å²) in [5, 5.41) is 4.35. The number of carbonyl (C=O) groups excluding carboxylic acids is 2. The van der Waals surface area contributed by atoms with Crippen molar-refractivity contribution in [3.05, 3.63) is 42.1 Å². The van der Waals surface area contributed by atoms with Crippen LogP contribution in [0.3, 0.4) is 0 Å². The van der Waals surface area contributed by atoms with E-state index in [1.54, 1.807) is 18.3 Å². The Labute approximate surface area is 166 Å². The fraction of sp³-hybridized carbons (Fsp3) is 0.500. The Morgan fingerprint density at radius 3 is 2.57 bits per heavy atom. The van der Waals surface area contributed by atoms with Crippen molar-refractivity contribution in [2.45, 2.75) is 65.0 Å². The maximum atomic E-state index is 12.8. The molecular weight excluding hydrogens is 354 g/mol. The summed E-state index contributed by atoms with van der Waals surface area (Å²) in [6.07, 6.45) is 5.26. The van der Waals surface area contributed by atoms with E-state index >= 15 is 0 Å². The van der Waals surface area contributed by atoms with E-state index in [1.807, 2.05) is 34.7 Å². The molecule has 6 nitrogen and oxygen atoms in total. The molecule has 2 unspecified atom stereocenters. The van der Waals surface area contributed by atoms with Gasteiger partial charge in [0.2, 0.25) is 5.91 Å². The lowest BCUT2D eigenvalue weighted by Gasteiger charge is -2.37. The molecule has 6 heteroatoms. The quantitative estimate of drug-likeness (QED) is 0.500. The zero-order valence-electron chi connectivity index (χ0n) is 16.9. The van der Waals surface area contributed by atoms with Gasteiger partial charge in [-0.05, 0) is 57.4 Å². The van der Waals surface area contributed by atoms with Gasteiger partial charge in [-0.2, -0.15) is 5.10 Å². The van der Waals surface area contributed by atoms with E-state index in [4.69, 9.17) is 4.74 Å². The fourth-order valence-corrected chi connectivity index (χ4v) is 3.77. The van der Waals surface area contributed by atoms with Crippen LogP contribution in [0.1, 0.15) is 69.3 Å². The number of ether oxygens (including phenoxy) is 1. The third-order valence-electron chi connectivity index (χ3n) is 5.26. The van der Waals surface area contributed by atoms with Crippen LogP contribution in [0, 0.1) is 0 Å². The summed E-state index contributed by atoms with van der Waals surface area (Å²) in [6.45, 7) is 6.64. The van der Waals surface area contributed by atoms with E-state index in [-0.39, 0.29) is 17.7 Å². The SMILES string of the molecule is CCC(=O)c1ccc(OCCCCC(=O)N2c3ccnn3C(C)CC2C)cc1. The second kappa shape index (κ2) is 9.04. The Hall–Kier alpha value is -2.63. The highest BCUT2D eigenvalue weighted by Gasteiger charge is 2.31. The Morgan fingerprint density at radius 1 is 1.11 bits per heavy atom. The lowest BCUT2D eigenvalue weighted by Crippen LogP contribution is -2.44. The van der Waals surface area contributed by atoms with Gasteiger partial charge in [0.15, 0.2) is 5.78 Å². The van der Waals surface area contributed by atoms with Crippen LogP contribution >= 0.6 is 0 Å². The Bertz CT molecular complexity index is 813. The number of ketones is 1. The van der Waals surface area contributed by atoms with Crippen molar-refractivity contribution in [1.29, 1.82) is 0 Å². The number of hydrogen-bond acceptors (Lipinski definition) is 4. The summed E-state index contributed by atoms with van der Waals surface area (Å²) in [7, 11) is 0. The third kappa shape index (κ3) is 4.43. The molecule has 3 rings (SSSR count). The average Bonchev–Trinajstić information content (AvgIpc) is 3.17. The summed E-state index contributed by atoms with van der Waals surface area (Å²) >= 11 is 0. The minimum absolute atomic E-state index is 0.132. The smallest absolute Gasteiger partial charge is 0.228 e. The summed E-state index contributed by atoms with van der Waals surface area (Å²) in [6, 6.07) is 9.67. The Morgan fingerprint density at radius 2 is 1.86 bits per heavy atom. The molecule has 1 aromatic carbocycles. The van der Waals surface area contributed by atoms with Gasteiger partial charge in [0.1, 0.15) is 11.6 Å². The molecule has 2 aromatic rings. The maximum absolute atomic E-state index is 12.8. The molecule has 0 aliphatic carbocycles. The number of unbranched alkanes of at least 4 members (excludes halogenated alkanes) is 1. The number of benzene rings is 1. The van der Waals surface area contributed by atoms with Gasteiger partial charge in [0.25, 0.3) is 0 Å². The predicted molar refractivity (Wildman–Crippen MR) is 109 cm³/mol. The lowest BCUT2D eigenvalue weighted by molar-refractivity contribution is -0.119. The Kier molecular flexibility index (Phi) is 6.49. The first-order valence-electron chi connectivity index (χ1n) is 10.1. The summed E-state index contributed by atoms with van der Waals surface area (Å²) in [4.78, 5) is 26.3. The standard InChI is InChI=1S/C22H29N3O3/c1-4-20(26)18-8-10-19(11-9-18)28-14-6-5-7-22(27)24-16(2)15-17(3)25-21(24)12-13-23-25/h8-13,16-17H,4-7,14-15H2,1-3H3. The van der Waals surface area contributed by atoms with E-state index in [0.29, 0.717) is 31.1 Å². The van der Waals surface area contributed by atoms with Crippen molar-refractivity contribution in [3.63, 3.8) is 0 Å². The van der Waals surface area contributed by atoms with Gasteiger partial charge >= 0.3 is 0 Å². The van der Waals surface area contributed by atoms with Gasteiger partial charge in [-0.25, -0.2) is 4.68 Å². The number of hydrogen-bond donors (Lipinski definition) is 0. The maximum Gasteiger partial charge on any atom is 0.228 e. The van der Waals surface area contributed by atoms with Crippen LogP contribution in [0.15, 0.2) is 36.5 Å². The van der Waals surface area contributed by atoms with Crippen molar-refractivity contribution in [2.75, 3.05) is 11.5 Å². The normalized spacial score (nSPS) is 18.6. The first-order valence-corrected chi connectivity index (χ1v) is 10.1. The molecule has 2 atom stereocenters. The molecular formula is C22H29N3O3. The molecule has 0 N–H and O–H groups in total. The summed E-state index contributed by atoms with van der Waals surface area (Å²) in [5.74, 6) is 1.92. The number of anilines is 1. The number of Topliss-reactive ketones (excluding diaryl/α,β-unsaturated/α-hetero) is 1. The average molecular weight is 383 g/mol. The van der Waals surface area contributed by atoms with Crippen LogP contribution in [0.25, 0.3) is 0 Å². The van der Waals surface area contributed by atoms with Crippen molar-refractivity contribution >= 4 is 17.5 Å². The minimum atomic E-state index is 0.132. The van der Waals surface area contributed by atoms with Gasteiger partial charge in [-0.1, -0.05) is 6.92 Å². The zero-order valence-corrected chi connectivity index (χ0v) is 16.9. The highest BCUT2D eigenvalue weighted by molar-refractivity contribution is 5.96. The fourth-order valence-electron chi connectivity index (χ4n) is 3.77. The molecule has 1 aliphatic heterocycles. The number of amides is 1. The van der Waals surface area contributed by atoms with E-state index in [2.05, 4.69) is 18.9 Å². The van der Waals surface area contributed by atoms with Crippen molar-refractivity contribution in [3.8, 4) is 5.75 Å². The van der Waals surface area contributed by atoms with Gasteiger partial charge in [-0.15, -0.1) is 0 Å². The van der Waals surface area contributed by atoms with Crippen LogP contribution in [0.4, 0.5) is 5.82 Å². The highest BCUT2D eigenvalue weighted by Crippen LogP contribution is 2.31. The molecule has 1 aliphatic rings. The van der Waals surface area contributed by atoms with Gasteiger partial charge in [-0.3, -0.25) is 14.5 Å². The van der Waals surface area contributed by atoms with Crippen LogP contribution in [0.5, 0.6) is 5.75 Å². The molecule has 2 heterocycles. The van der Waals surface area contributed by atoms with Gasteiger partial charge in [0.05, 0.1) is 18.8 Å². The lowest BCUT2D eigenvalue weighted by atomic mass is 10.0. The summed E-state index contributed by atoms with van der Waals surface area (Å²) in [5.41, 5.74) is 0.713.